The smallest absolute Gasteiger partial charge is 0.306 e. The number of carbonyl (C=O) groups excluding carboxylic acids is 2. The van der Waals surface area contributed by atoms with Crippen LogP contribution in [0, 0.1) is 0 Å². The van der Waals surface area contributed by atoms with Gasteiger partial charge in [0.2, 0.25) is 5.91 Å². The minimum absolute atomic E-state index is 0.0534. The summed E-state index contributed by atoms with van der Waals surface area (Å²) in [7, 11) is 0. The Morgan fingerprint density at radius 3 is 1.44 bits per heavy atom. The molecular formula is C51H93NO5. The van der Waals surface area contributed by atoms with E-state index in [0.29, 0.717) is 19.3 Å². The summed E-state index contributed by atoms with van der Waals surface area (Å²) < 4.78 is 5.90. The van der Waals surface area contributed by atoms with Crippen LogP contribution in [-0.4, -0.2) is 46.9 Å². The summed E-state index contributed by atoms with van der Waals surface area (Å²) in [5, 5.41) is 23.7. The van der Waals surface area contributed by atoms with E-state index >= 15 is 0 Å². The normalized spacial score (nSPS) is 13.7. The van der Waals surface area contributed by atoms with Gasteiger partial charge in [0.1, 0.15) is 6.10 Å². The van der Waals surface area contributed by atoms with Crippen molar-refractivity contribution in [2.45, 2.75) is 257 Å². The first-order valence-corrected chi connectivity index (χ1v) is 24.4. The predicted octanol–water partition coefficient (Wildman–Crippen LogP) is 14.3. The molecule has 57 heavy (non-hydrogen) atoms. The van der Waals surface area contributed by atoms with Crippen LogP contribution in [0.3, 0.4) is 0 Å². The summed E-state index contributed by atoms with van der Waals surface area (Å²) >= 11 is 0. The number of allylic oxidation sites excluding steroid dienone is 8. The number of hydrogen-bond acceptors (Lipinski definition) is 5. The summed E-state index contributed by atoms with van der Waals surface area (Å²) in [6.07, 6.45) is 53.1. The van der Waals surface area contributed by atoms with E-state index in [4.69, 9.17) is 4.74 Å². The van der Waals surface area contributed by atoms with Crippen LogP contribution in [0.25, 0.3) is 0 Å². The van der Waals surface area contributed by atoms with Crippen LogP contribution >= 0.6 is 0 Å². The molecule has 332 valence electrons. The average Bonchev–Trinajstić information content (AvgIpc) is 3.20. The van der Waals surface area contributed by atoms with Crippen LogP contribution in [-0.2, 0) is 14.3 Å². The van der Waals surface area contributed by atoms with Gasteiger partial charge >= 0.3 is 5.97 Å². The number of ether oxygens (including phenoxy) is 1. The third-order valence-electron chi connectivity index (χ3n) is 11.0. The van der Waals surface area contributed by atoms with Crippen molar-refractivity contribution >= 4 is 11.9 Å². The highest BCUT2D eigenvalue weighted by Crippen LogP contribution is 2.18. The number of aliphatic hydroxyl groups is 2. The molecule has 0 saturated carbocycles. The van der Waals surface area contributed by atoms with Gasteiger partial charge in [-0.25, -0.2) is 0 Å². The van der Waals surface area contributed by atoms with Crippen LogP contribution in [0.5, 0.6) is 0 Å². The number of hydrogen-bond donors (Lipinski definition) is 3. The molecule has 0 spiro atoms. The van der Waals surface area contributed by atoms with Gasteiger partial charge in [0.15, 0.2) is 0 Å². The number of rotatable bonds is 43. The second-order valence-corrected chi connectivity index (χ2v) is 16.6. The number of nitrogens with one attached hydrogen (secondary N) is 1. The zero-order valence-corrected chi connectivity index (χ0v) is 37.7. The first-order chi connectivity index (χ1) is 28.0. The Balaban J connectivity index is 4.64. The molecule has 0 aromatic heterocycles. The molecule has 3 N–H and O–H groups in total. The molecule has 0 saturated heterocycles. The van der Waals surface area contributed by atoms with Crippen molar-refractivity contribution in [1.82, 2.24) is 5.32 Å². The molecule has 6 nitrogen and oxygen atoms in total. The molecular weight excluding hydrogens is 707 g/mol. The van der Waals surface area contributed by atoms with Gasteiger partial charge in [0, 0.05) is 6.42 Å². The molecule has 0 bridgehead atoms. The molecule has 1 amide bonds. The number of esters is 1. The molecule has 0 aromatic rings. The fraction of sp³-hybridized carbons (Fsp3) is 0.804. The van der Waals surface area contributed by atoms with Crippen LogP contribution in [0.4, 0.5) is 0 Å². The van der Waals surface area contributed by atoms with Gasteiger partial charge in [0.05, 0.1) is 25.2 Å². The van der Waals surface area contributed by atoms with E-state index in [0.717, 1.165) is 70.6 Å². The van der Waals surface area contributed by atoms with Gasteiger partial charge < -0.3 is 20.3 Å². The third kappa shape index (κ3) is 40.4. The number of carbonyl (C=O) groups is 2. The van der Waals surface area contributed by atoms with Crippen molar-refractivity contribution in [3.8, 4) is 0 Å². The van der Waals surface area contributed by atoms with Crippen molar-refractivity contribution in [3.05, 3.63) is 48.6 Å². The molecule has 3 unspecified atom stereocenters. The van der Waals surface area contributed by atoms with E-state index in [9.17, 15) is 19.8 Å². The summed E-state index contributed by atoms with van der Waals surface area (Å²) in [5.41, 5.74) is 0. The maximum atomic E-state index is 13.2. The fourth-order valence-corrected chi connectivity index (χ4v) is 7.32. The molecule has 0 heterocycles. The lowest BCUT2D eigenvalue weighted by Crippen LogP contribution is -2.46. The number of unbranched alkanes of at least 4 members (excludes halogenated alkanes) is 26. The van der Waals surface area contributed by atoms with Crippen molar-refractivity contribution in [3.63, 3.8) is 0 Å². The Morgan fingerprint density at radius 2 is 0.947 bits per heavy atom. The van der Waals surface area contributed by atoms with E-state index in [-0.39, 0.29) is 24.9 Å². The zero-order valence-electron chi connectivity index (χ0n) is 37.7. The Hall–Kier alpha value is -2.18. The molecule has 6 heteroatoms. The summed E-state index contributed by atoms with van der Waals surface area (Å²) in [6.45, 7) is 6.33. The van der Waals surface area contributed by atoms with Gasteiger partial charge in [-0.1, -0.05) is 230 Å². The highest BCUT2D eigenvalue weighted by atomic mass is 16.5. The minimum Gasteiger partial charge on any atom is -0.462 e. The fourth-order valence-electron chi connectivity index (χ4n) is 7.32. The molecule has 0 aromatic carbocycles. The standard InChI is InChI=1S/C51H93NO5/c1-4-7-10-13-16-19-22-25-27-30-33-36-39-42-47(57-51(56)44-41-38-35-32-29-26-23-20-17-14-11-8-5-2)45-50(55)52-48(46-53)49(54)43-40-37-34-31-28-24-21-18-15-12-9-6-3/h7,10,13,16,19,22,25,27,47-49,53-54H,4-6,8-9,11-12,14-15,17-18,20-21,23-24,26,28-46H2,1-3H3,(H,52,55)/b10-7+,16-13+,22-19+,27-25-. The maximum absolute atomic E-state index is 13.2. The van der Waals surface area contributed by atoms with Crippen LogP contribution in [0.2, 0.25) is 0 Å². The quantitative estimate of drug-likeness (QED) is 0.0324. The Kier molecular flexibility index (Phi) is 43.2. The average molecular weight is 800 g/mol. The predicted molar refractivity (Wildman–Crippen MR) is 245 cm³/mol. The summed E-state index contributed by atoms with van der Waals surface area (Å²) in [5.74, 6) is -0.508. The Morgan fingerprint density at radius 1 is 0.526 bits per heavy atom. The second-order valence-electron chi connectivity index (χ2n) is 16.6. The number of aliphatic hydroxyl groups excluding tert-OH is 2. The topological polar surface area (TPSA) is 95.9 Å². The molecule has 0 aliphatic rings. The molecule has 0 fully saturated rings. The van der Waals surface area contributed by atoms with E-state index < -0.39 is 18.2 Å². The molecule has 3 atom stereocenters. The highest BCUT2D eigenvalue weighted by molar-refractivity contribution is 5.77. The minimum atomic E-state index is -0.796. The van der Waals surface area contributed by atoms with E-state index in [1.165, 1.54) is 122 Å². The van der Waals surface area contributed by atoms with Crippen LogP contribution in [0.15, 0.2) is 48.6 Å². The van der Waals surface area contributed by atoms with Crippen molar-refractivity contribution in [2.24, 2.45) is 0 Å². The second kappa shape index (κ2) is 44.9. The van der Waals surface area contributed by atoms with Gasteiger partial charge in [0.25, 0.3) is 0 Å². The zero-order chi connectivity index (χ0) is 41.7. The Bertz CT molecular complexity index is 988. The lowest BCUT2D eigenvalue weighted by atomic mass is 10.0. The summed E-state index contributed by atoms with van der Waals surface area (Å²) in [6, 6.07) is -0.712. The number of amides is 1. The van der Waals surface area contributed by atoms with E-state index in [1.807, 2.05) is 24.3 Å². The van der Waals surface area contributed by atoms with Crippen LogP contribution < -0.4 is 5.32 Å². The monoisotopic (exact) mass is 800 g/mol. The SMILES string of the molecule is CC/C=C/C=C/C=C/C=C\CCCCCC(CC(=O)NC(CO)C(O)CCCCCCCCCCCCCC)OC(=O)CCCCCCCCCCCCCCC. The van der Waals surface area contributed by atoms with E-state index in [1.54, 1.807) is 0 Å². The molecule has 0 radical (unpaired) electrons. The maximum Gasteiger partial charge on any atom is 0.306 e. The summed E-state index contributed by atoms with van der Waals surface area (Å²) in [4.78, 5) is 26.0. The molecule has 0 rings (SSSR count). The largest absolute Gasteiger partial charge is 0.462 e. The lowest BCUT2D eigenvalue weighted by molar-refractivity contribution is -0.151. The lowest BCUT2D eigenvalue weighted by Gasteiger charge is -2.24. The van der Waals surface area contributed by atoms with Gasteiger partial charge in [-0.2, -0.15) is 0 Å². The van der Waals surface area contributed by atoms with Gasteiger partial charge in [-0.3, -0.25) is 9.59 Å². The van der Waals surface area contributed by atoms with Crippen LogP contribution in [0.1, 0.15) is 239 Å². The third-order valence-corrected chi connectivity index (χ3v) is 11.0. The highest BCUT2D eigenvalue weighted by Gasteiger charge is 2.24. The van der Waals surface area contributed by atoms with E-state index in [2.05, 4.69) is 50.4 Å². The van der Waals surface area contributed by atoms with Gasteiger partial charge in [-0.05, 0) is 44.9 Å². The first kappa shape index (κ1) is 54.8. The van der Waals surface area contributed by atoms with Crippen molar-refractivity contribution in [1.29, 1.82) is 0 Å². The molecule has 0 aliphatic heterocycles. The molecule has 0 aliphatic carbocycles. The van der Waals surface area contributed by atoms with Crippen molar-refractivity contribution < 1.29 is 24.5 Å². The Labute approximate surface area is 353 Å². The van der Waals surface area contributed by atoms with Gasteiger partial charge in [-0.15, -0.1) is 0 Å². The first-order valence-electron chi connectivity index (χ1n) is 24.4. The van der Waals surface area contributed by atoms with Crippen molar-refractivity contribution in [2.75, 3.05) is 6.61 Å².